The molecule has 0 saturated heterocycles. The lowest BCUT2D eigenvalue weighted by Gasteiger charge is -2.12. The summed E-state index contributed by atoms with van der Waals surface area (Å²) in [6, 6.07) is 0. The maximum absolute atomic E-state index is 11.0. The first kappa shape index (κ1) is 11.2. The summed E-state index contributed by atoms with van der Waals surface area (Å²) in [7, 11) is -4.42. The van der Waals surface area contributed by atoms with E-state index in [2.05, 4.69) is 0 Å². The predicted molar refractivity (Wildman–Crippen MR) is 50.9 cm³/mol. The van der Waals surface area contributed by atoms with E-state index in [1.54, 1.807) is 0 Å². The van der Waals surface area contributed by atoms with Crippen LogP contribution in [-0.4, -0.2) is 18.9 Å². The highest BCUT2D eigenvalue weighted by molar-refractivity contribution is 7.84. The number of amides is 1. The van der Waals surface area contributed by atoms with Crippen LogP contribution in [0.3, 0.4) is 0 Å². The van der Waals surface area contributed by atoms with Crippen molar-refractivity contribution in [2.45, 2.75) is 32.1 Å². The van der Waals surface area contributed by atoms with Crippen LogP contribution < -0.4 is 4.72 Å². The number of hydrogen-bond acceptors (Lipinski definition) is 3. The average molecular weight is 219 g/mol. The Kier molecular flexibility index (Phi) is 3.65. The number of nitrogens with one attached hydrogen (secondary N) is 1. The molecular weight excluding hydrogens is 206 g/mol. The monoisotopic (exact) mass is 219 g/mol. The van der Waals surface area contributed by atoms with Crippen LogP contribution in [0.2, 0.25) is 0 Å². The second-order valence-corrected chi connectivity index (χ2v) is 4.46. The fourth-order valence-corrected chi connectivity index (χ4v) is 1.81. The molecule has 0 aromatic rings. The van der Waals surface area contributed by atoms with Gasteiger partial charge < -0.3 is 0 Å². The van der Waals surface area contributed by atoms with Crippen LogP contribution in [-0.2, 0) is 15.1 Å². The van der Waals surface area contributed by atoms with Crippen LogP contribution in [0.4, 0.5) is 0 Å². The van der Waals surface area contributed by atoms with Gasteiger partial charge in [0.25, 0.3) is 5.91 Å². The second kappa shape index (κ2) is 4.56. The van der Waals surface area contributed by atoms with Gasteiger partial charge in [0.1, 0.15) is 0 Å². The van der Waals surface area contributed by atoms with E-state index < -0.39 is 16.2 Å². The van der Waals surface area contributed by atoms with Gasteiger partial charge in [-0.1, -0.05) is 12.0 Å². The van der Waals surface area contributed by atoms with Gasteiger partial charge in [0, 0.05) is 6.08 Å². The number of rotatable bonds is 2. The zero-order valence-corrected chi connectivity index (χ0v) is 8.51. The average Bonchev–Trinajstić information content (AvgIpc) is 2.02. The number of carbonyl (C=O) groups is 1. The summed E-state index contributed by atoms with van der Waals surface area (Å²) >= 11 is 0. The first-order chi connectivity index (χ1) is 6.47. The summed E-state index contributed by atoms with van der Waals surface area (Å²) in [4.78, 5) is 11.0. The van der Waals surface area contributed by atoms with Gasteiger partial charge in [0.15, 0.2) is 0 Å². The van der Waals surface area contributed by atoms with Gasteiger partial charge in [-0.2, -0.15) is 8.42 Å². The van der Waals surface area contributed by atoms with Crippen molar-refractivity contribution in [3.8, 4) is 0 Å². The Morgan fingerprint density at radius 2 is 1.86 bits per heavy atom. The lowest BCUT2D eigenvalue weighted by atomic mass is 9.95. The van der Waals surface area contributed by atoms with Gasteiger partial charge in [0.05, 0.1) is 0 Å². The zero-order chi connectivity index (χ0) is 10.6. The highest BCUT2D eigenvalue weighted by Gasteiger charge is 2.10. The van der Waals surface area contributed by atoms with E-state index in [9.17, 15) is 13.2 Å². The molecule has 1 amide bonds. The topological polar surface area (TPSA) is 83.5 Å². The Labute approximate surface area is 83.1 Å². The van der Waals surface area contributed by atoms with Crippen LogP contribution in [0.5, 0.6) is 0 Å². The molecule has 1 rings (SSSR count). The molecule has 0 aromatic carbocycles. The number of hydrogen-bond donors (Lipinski definition) is 2. The lowest BCUT2D eigenvalue weighted by Crippen LogP contribution is -2.28. The molecule has 0 radical (unpaired) electrons. The normalized spacial score (nSPS) is 17.6. The molecule has 14 heavy (non-hydrogen) atoms. The quantitative estimate of drug-likeness (QED) is 0.531. The van der Waals surface area contributed by atoms with E-state index in [-0.39, 0.29) is 0 Å². The molecule has 0 atom stereocenters. The van der Waals surface area contributed by atoms with Gasteiger partial charge >= 0.3 is 10.3 Å². The molecule has 80 valence electrons. The van der Waals surface area contributed by atoms with E-state index in [0.29, 0.717) is 0 Å². The predicted octanol–water partition coefficient (Wildman–Crippen LogP) is 0.796. The standard InChI is InChI=1S/C8H13NO4S/c10-8(9-14(11,12)13)6-7-4-2-1-3-5-7/h6H,1-5H2,(H,9,10)(H,11,12,13). The van der Waals surface area contributed by atoms with Gasteiger partial charge in [-0.3, -0.25) is 9.35 Å². The highest BCUT2D eigenvalue weighted by Crippen LogP contribution is 2.22. The molecule has 0 unspecified atom stereocenters. The Morgan fingerprint density at radius 3 is 2.36 bits per heavy atom. The van der Waals surface area contributed by atoms with Crippen molar-refractivity contribution in [3.05, 3.63) is 11.6 Å². The van der Waals surface area contributed by atoms with Crippen molar-refractivity contribution in [1.29, 1.82) is 0 Å². The van der Waals surface area contributed by atoms with Crippen molar-refractivity contribution in [2.75, 3.05) is 0 Å². The van der Waals surface area contributed by atoms with Crippen molar-refractivity contribution in [2.24, 2.45) is 0 Å². The summed E-state index contributed by atoms with van der Waals surface area (Å²) in [5.74, 6) is -0.774. The minimum atomic E-state index is -4.42. The van der Waals surface area contributed by atoms with E-state index in [1.165, 1.54) is 10.8 Å². The maximum atomic E-state index is 11.0. The number of allylic oxidation sites excluding steroid dienone is 1. The van der Waals surface area contributed by atoms with Crippen LogP contribution in [0.15, 0.2) is 11.6 Å². The van der Waals surface area contributed by atoms with Gasteiger partial charge in [-0.15, -0.1) is 0 Å². The second-order valence-electron chi connectivity index (χ2n) is 3.30. The molecule has 1 aliphatic carbocycles. The Hall–Kier alpha value is -0.880. The van der Waals surface area contributed by atoms with Crippen molar-refractivity contribution in [3.63, 3.8) is 0 Å². The molecule has 0 aromatic heterocycles. The molecule has 1 saturated carbocycles. The highest BCUT2D eigenvalue weighted by atomic mass is 32.2. The molecular formula is C8H13NO4S. The Bertz CT molecular complexity index is 336. The van der Waals surface area contributed by atoms with Crippen molar-refractivity contribution >= 4 is 16.2 Å². The Morgan fingerprint density at radius 1 is 1.29 bits per heavy atom. The van der Waals surface area contributed by atoms with Crippen molar-refractivity contribution in [1.82, 2.24) is 4.72 Å². The molecule has 0 spiro atoms. The lowest BCUT2D eigenvalue weighted by molar-refractivity contribution is -0.115. The number of carbonyl (C=O) groups excluding carboxylic acids is 1. The molecule has 0 bridgehead atoms. The largest absolute Gasteiger partial charge is 0.359 e. The van der Waals surface area contributed by atoms with E-state index in [0.717, 1.165) is 37.7 Å². The maximum Gasteiger partial charge on any atom is 0.359 e. The molecule has 6 heteroatoms. The summed E-state index contributed by atoms with van der Waals surface area (Å²) in [5.41, 5.74) is 0.942. The van der Waals surface area contributed by atoms with Gasteiger partial charge in [-0.25, -0.2) is 4.72 Å². The molecule has 0 aliphatic heterocycles. The van der Waals surface area contributed by atoms with Crippen LogP contribution in [0, 0.1) is 0 Å². The first-order valence-electron chi connectivity index (χ1n) is 4.46. The third kappa shape index (κ3) is 4.38. The molecule has 1 fully saturated rings. The molecule has 0 heterocycles. The fourth-order valence-electron chi connectivity index (χ4n) is 1.49. The van der Waals surface area contributed by atoms with Gasteiger partial charge in [0.2, 0.25) is 0 Å². The molecule has 2 N–H and O–H groups in total. The van der Waals surface area contributed by atoms with Crippen LogP contribution in [0.25, 0.3) is 0 Å². The summed E-state index contributed by atoms with van der Waals surface area (Å²) in [5, 5.41) is 0. The van der Waals surface area contributed by atoms with Crippen molar-refractivity contribution < 1.29 is 17.8 Å². The smallest absolute Gasteiger partial charge is 0.269 e. The minimum absolute atomic E-state index is 0.774. The summed E-state index contributed by atoms with van der Waals surface area (Å²) in [6.45, 7) is 0. The first-order valence-corrected chi connectivity index (χ1v) is 5.90. The summed E-state index contributed by atoms with van der Waals surface area (Å²) in [6.07, 6.45) is 6.14. The van der Waals surface area contributed by atoms with Crippen LogP contribution in [0.1, 0.15) is 32.1 Å². The van der Waals surface area contributed by atoms with E-state index in [1.807, 2.05) is 0 Å². The zero-order valence-electron chi connectivity index (χ0n) is 7.69. The molecule has 1 aliphatic rings. The summed E-state index contributed by atoms with van der Waals surface area (Å²) < 4.78 is 30.4. The fraction of sp³-hybridized carbons (Fsp3) is 0.625. The van der Waals surface area contributed by atoms with Crippen LogP contribution >= 0.6 is 0 Å². The van der Waals surface area contributed by atoms with E-state index >= 15 is 0 Å². The third-order valence-electron chi connectivity index (χ3n) is 2.06. The minimum Gasteiger partial charge on any atom is -0.269 e. The third-order valence-corrected chi connectivity index (χ3v) is 2.52. The molecule has 5 nitrogen and oxygen atoms in total. The Balaban J connectivity index is 2.54. The SMILES string of the molecule is O=C(C=C1CCCCC1)NS(=O)(=O)O. The van der Waals surface area contributed by atoms with Gasteiger partial charge in [-0.05, 0) is 25.7 Å². The van der Waals surface area contributed by atoms with E-state index in [4.69, 9.17) is 4.55 Å².